The summed E-state index contributed by atoms with van der Waals surface area (Å²) in [7, 11) is 0. The van der Waals surface area contributed by atoms with Crippen molar-refractivity contribution in [1.29, 1.82) is 0 Å². The number of amides is 1. The summed E-state index contributed by atoms with van der Waals surface area (Å²) in [6.07, 6.45) is 4.41. The quantitative estimate of drug-likeness (QED) is 0.738. The molecule has 2 aromatic rings. The molecule has 7 heteroatoms. The topological polar surface area (TPSA) is 73.7 Å². The van der Waals surface area contributed by atoms with Gasteiger partial charge in [0.05, 0.1) is 0 Å². The maximum atomic E-state index is 12.6. The summed E-state index contributed by atoms with van der Waals surface area (Å²) in [5, 5.41) is 0. The van der Waals surface area contributed by atoms with Crippen molar-refractivity contribution in [2.45, 2.75) is 58.4 Å². The molecule has 2 heterocycles. The lowest BCUT2D eigenvalue weighted by atomic mass is 10.2. The van der Waals surface area contributed by atoms with E-state index in [2.05, 4.69) is 4.98 Å². The first-order chi connectivity index (χ1) is 13.3. The second-order valence-corrected chi connectivity index (χ2v) is 7.90. The number of rotatable bonds is 5. The fourth-order valence-electron chi connectivity index (χ4n) is 3.19. The number of aromatic nitrogens is 2. The number of hydrogen-bond donors (Lipinski definition) is 0. The maximum absolute atomic E-state index is 12.6. The van der Waals surface area contributed by atoms with Crippen LogP contribution in [0.2, 0.25) is 0 Å². The van der Waals surface area contributed by atoms with Crippen LogP contribution in [0.1, 0.15) is 45.0 Å². The first kappa shape index (κ1) is 19.9. The summed E-state index contributed by atoms with van der Waals surface area (Å²) in [6, 6.07) is 9.40. The van der Waals surface area contributed by atoms with Gasteiger partial charge in [-0.1, -0.05) is 30.3 Å². The Morgan fingerprint density at radius 1 is 1.21 bits per heavy atom. The number of hydrogen-bond acceptors (Lipinski definition) is 5. The Morgan fingerprint density at radius 2 is 1.96 bits per heavy atom. The molecule has 150 valence electrons. The SMILES string of the molecule is CC(C)(C)OC(=O)N1CCCC1C(=O)OCc1nccn1Cc1ccccc1. The highest BCUT2D eigenvalue weighted by atomic mass is 16.6. The van der Waals surface area contributed by atoms with Gasteiger partial charge in [-0.05, 0) is 39.2 Å². The van der Waals surface area contributed by atoms with Crippen LogP contribution in [0.4, 0.5) is 4.79 Å². The van der Waals surface area contributed by atoms with E-state index >= 15 is 0 Å². The van der Waals surface area contributed by atoms with Crippen molar-refractivity contribution in [3.63, 3.8) is 0 Å². The van der Waals surface area contributed by atoms with E-state index in [-0.39, 0.29) is 6.61 Å². The number of benzene rings is 1. The molecule has 3 rings (SSSR count). The molecule has 1 fully saturated rings. The molecule has 0 N–H and O–H groups in total. The molecule has 1 amide bonds. The number of nitrogens with zero attached hydrogens (tertiary/aromatic N) is 3. The smallest absolute Gasteiger partial charge is 0.411 e. The normalized spacial score (nSPS) is 16.8. The first-order valence-electron chi connectivity index (χ1n) is 9.54. The van der Waals surface area contributed by atoms with Crippen LogP contribution in [0, 0.1) is 0 Å². The Hall–Kier alpha value is -2.83. The molecule has 28 heavy (non-hydrogen) atoms. The molecule has 0 aliphatic carbocycles. The van der Waals surface area contributed by atoms with Gasteiger partial charge in [-0.15, -0.1) is 0 Å². The number of imidazole rings is 1. The molecule has 1 aromatic heterocycles. The second kappa shape index (κ2) is 8.46. The fraction of sp³-hybridized carbons (Fsp3) is 0.476. The van der Waals surface area contributed by atoms with Gasteiger partial charge in [-0.3, -0.25) is 4.90 Å². The lowest BCUT2D eigenvalue weighted by molar-refractivity contribution is -0.150. The third-order valence-corrected chi connectivity index (χ3v) is 4.49. The largest absolute Gasteiger partial charge is 0.456 e. The first-order valence-corrected chi connectivity index (χ1v) is 9.54. The van der Waals surface area contributed by atoms with Gasteiger partial charge in [-0.25, -0.2) is 14.6 Å². The monoisotopic (exact) mass is 385 g/mol. The molecule has 0 bridgehead atoms. The van der Waals surface area contributed by atoms with Gasteiger partial charge in [-0.2, -0.15) is 0 Å². The lowest BCUT2D eigenvalue weighted by Crippen LogP contribution is -2.44. The van der Waals surface area contributed by atoms with E-state index in [9.17, 15) is 9.59 Å². The zero-order valence-electron chi connectivity index (χ0n) is 16.6. The number of ether oxygens (including phenoxy) is 2. The van der Waals surface area contributed by atoms with Crippen LogP contribution in [0.15, 0.2) is 42.7 Å². The Labute approximate surface area is 165 Å². The highest BCUT2D eigenvalue weighted by molar-refractivity contribution is 5.82. The van der Waals surface area contributed by atoms with Gasteiger partial charge in [0.1, 0.15) is 24.1 Å². The van der Waals surface area contributed by atoms with E-state index < -0.39 is 23.7 Å². The molecule has 1 atom stereocenters. The van der Waals surface area contributed by atoms with Crippen LogP contribution >= 0.6 is 0 Å². The molecule has 0 radical (unpaired) electrons. The maximum Gasteiger partial charge on any atom is 0.411 e. The van der Waals surface area contributed by atoms with Crippen LogP contribution < -0.4 is 0 Å². The standard InChI is InChI=1S/C21H27N3O4/c1-21(2,3)28-20(26)24-12-7-10-17(24)19(25)27-15-18-22-11-13-23(18)14-16-8-5-4-6-9-16/h4-6,8-9,11,13,17H,7,10,12,14-15H2,1-3H3. The van der Waals surface area contributed by atoms with Crippen molar-refractivity contribution in [3.8, 4) is 0 Å². The zero-order valence-corrected chi connectivity index (χ0v) is 16.6. The molecule has 0 spiro atoms. The summed E-state index contributed by atoms with van der Waals surface area (Å²) in [5.41, 5.74) is 0.538. The zero-order chi connectivity index (χ0) is 20.1. The van der Waals surface area contributed by atoms with Gasteiger partial charge < -0.3 is 14.0 Å². The van der Waals surface area contributed by atoms with Crippen molar-refractivity contribution < 1.29 is 19.1 Å². The predicted molar refractivity (Wildman–Crippen MR) is 104 cm³/mol. The summed E-state index contributed by atoms with van der Waals surface area (Å²) >= 11 is 0. The van der Waals surface area contributed by atoms with E-state index in [1.54, 1.807) is 27.0 Å². The number of likely N-dealkylation sites (tertiary alicyclic amines) is 1. The minimum Gasteiger partial charge on any atom is -0.456 e. The molecule has 1 saturated heterocycles. The summed E-state index contributed by atoms with van der Waals surface area (Å²) in [6.45, 7) is 6.64. The third kappa shape index (κ3) is 5.12. The van der Waals surface area contributed by atoms with E-state index in [4.69, 9.17) is 9.47 Å². The average Bonchev–Trinajstić information content (AvgIpc) is 3.28. The van der Waals surface area contributed by atoms with Crippen LogP contribution in [0.5, 0.6) is 0 Å². The van der Waals surface area contributed by atoms with Crippen LogP contribution in [-0.4, -0.2) is 44.7 Å². The molecule has 1 aromatic carbocycles. The Bertz CT molecular complexity index is 811. The molecular weight excluding hydrogens is 358 g/mol. The van der Waals surface area contributed by atoms with Crippen molar-refractivity contribution >= 4 is 12.1 Å². The number of carbonyl (C=O) groups excluding carboxylic acids is 2. The Balaban J connectivity index is 1.58. The predicted octanol–water partition coefficient (Wildman–Crippen LogP) is 3.37. The fourth-order valence-corrected chi connectivity index (χ4v) is 3.19. The molecule has 7 nitrogen and oxygen atoms in total. The van der Waals surface area contributed by atoms with Crippen molar-refractivity contribution in [2.75, 3.05) is 6.54 Å². The number of carbonyl (C=O) groups is 2. The molecule has 0 saturated carbocycles. The Kier molecular flexibility index (Phi) is 6.02. The van der Waals surface area contributed by atoms with E-state index in [0.717, 1.165) is 12.0 Å². The molecule has 1 unspecified atom stereocenters. The molecule has 1 aliphatic heterocycles. The Morgan fingerprint density at radius 3 is 2.68 bits per heavy atom. The highest BCUT2D eigenvalue weighted by Crippen LogP contribution is 2.22. The van der Waals surface area contributed by atoms with Gasteiger partial charge >= 0.3 is 12.1 Å². The van der Waals surface area contributed by atoms with Crippen molar-refractivity contribution in [2.24, 2.45) is 0 Å². The summed E-state index contributed by atoms with van der Waals surface area (Å²) in [4.78, 5) is 30.7. The molecule has 1 aliphatic rings. The lowest BCUT2D eigenvalue weighted by Gasteiger charge is -2.27. The highest BCUT2D eigenvalue weighted by Gasteiger charge is 2.37. The van der Waals surface area contributed by atoms with E-state index in [1.165, 1.54) is 4.90 Å². The van der Waals surface area contributed by atoms with Gasteiger partial charge in [0.15, 0.2) is 0 Å². The van der Waals surface area contributed by atoms with Crippen molar-refractivity contribution in [1.82, 2.24) is 14.5 Å². The third-order valence-electron chi connectivity index (χ3n) is 4.49. The van der Waals surface area contributed by atoms with Gasteiger partial charge in [0, 0.05) is 25.5 Å². The minimum atomic E-state index is -0.604. The summed E-state index contributed by atoms with van der Waals surface area (Å²) < 4.78 is 12.8. The molecular formula is C21H27N3O4. The van der Waals surface area contributed by atoms with Crippen LogP contribution in [0.3, 0.4) is 0 Å². The van der Waals surface area contributed by atoms with E-state index in [1.807, 2.05) is 41.1 Å². The van der Waals surface area contributed by atoms with Crippen LogP contribution in [0.25, 0.3) is 0 Å². The minimum absolute atomic E-state index is 0.0668. The van der Waals surface area contributed by atoms with Crippen LogP contribution in [-0.2, 0) is 27.4 Å². The number of esters is 1. The van der Waals surface area contributed by atoms with Crippen molar-refractivity contribution in [3.05, 3.63) is 54.1 Å². The summed E-state index contributed by atoms with van der Waals surface area (Å²) in [5.74, 6) is 0.247. The van der Waals surface area contributed by atoms with Gasteiger partial charge in [0.2, 0.25) is 0 Å². The second-order valence-electron chi connectivity index (χ2n) is 7.90. The van der Waals surface area contributed by atoms with E-state index in [0.29, 0.717) is 25.3 Å². The van der Waals surface area contributed by atoms with Gasteiger partial charge in [0.25, 0.3) is 0 Å². The average molecular weight is 385 g/mol.